The second-order valence-electron chi connectivity index (χ2n) is 3.74. The van der Waals surface area contributed by atoms with Gasteiger partial charge >= 0.3 is 7.12 Å². The van der Waals surface area contributed by atoms with E-state index in [0.29, 0.717) is 0 Å². The summed E-state index contributed by atoms with van der Waals surface area (Å²) in [5.74, 6) is -0.331. The smallest absolute Gasteiger partial charge is 0.423 e. The van der Waals surface area contributed by atoms with Crippen molar-refractivity contribution in [3.63, 3.8) is 0 Å². The monoisotopic (exact) mass is 241 g/mol. The molecule has 4 nitrogen and oxygen atoms in total. The standard InChI is InChI=1S/C10H13BClNO3/c1-6(2)13-10(14)8-5-7(11(15)16)3-4-9(8)12/h3-6,15-16H,1-2H3,(H,13,14). The first-order chi connectivity index (χ1) is 7.41. The molecule has 86 valence electrons. The van der Waals surface area contributed by atoms with Gasteiger partial charge in [-0.3, -0.25) is 4.79 Å². The topological polar surface area (TPSA) is 69.6 Å². The quantitative estimate of drug-likeness (QED) is 0.660. The van der Waals surface area contributed by atoms with Crippen molar-refractivity contribution in [1.29, 1.82) is 0 Å². The van der Waals surface area contributed by atoms with Crippen molar-refractivity contribution in [2.75, 3.05) is 0 Å². The van der Waals surface area contributed by atoms with Crippen molar-refractivity contribution in [2.45, 2.75) is 19.9 Å². The molecule has 0 aromatic heterocycles. The van der Waals surface area contributed by atoms with E-state index < -0.39 is 7.12 Å². The minimum Gasteiger partial charge on any atom is -0.423 e. The molecule has 0 bridgehead atoms. The van der Waals surface area contributed by atoms with Crippen molar-refractivity contribution in [3.8, 4) is 0 Å². The highest BCUT2D eigenvalue weighted by atomic mass is 35.5. The third kappa shape index (κ3) is 3.23. The zero-order valence-corrected chi connectivity index (χ0v) is 9.82. The highest BCUT2D eigenvalue weighted by Gasteiger charge is 2.17. The molecule has 1 aromatic carbocycles. The number of hydrogen-bond acceptors (Lipinski definition) is 3. The Bertz CT molecular complexity index is 396. The fraction of sp³-hybridized carbons (Fsp3) is 0.300. The lowest BCUT2D eigenvalue weighted by Crippen LogP contribution is -2.34. The van der Waals surface area contributed by atoms with Gasteiger partial charge in [-0.2, -0.15) is 0 Å². The van der Waals surface area contributed by atoms with E-state index >= 15 is 0 Å². The molecular formula is C10H13BClNO3. The largest absolute Gasteiger partial charge is 0.488 e. The third-order valence-corrected chi connectivity index (χ3v) is 2.28. The van der Waals surface area contributed by atoms with Crippen molar-refractivity contribution >= 4 is 30.1 Å². The molecular weight excluding hydrogens is 228 g/mol. The summed E-state index contributed by atoms with van der Waals surface area (Å²) in [4.78, 5) is 11.7. The van der Waals surface area contributed by atoms with Crippen molar-refractivity contribution < 1.29 is 14.8 Å². The van der Waals surface area contributed by atoms with Gasteiger partial charge in [-0.25, -0.2) is 0 Å². The van der Waals surface area contributed by atoms with Crippen LogP contribution in [0.3, 0.4) is 0 Å². The molecule has 0 fully saturated rings. The van der Waals surface area contributed by atoms with Gasteiger partial charge in [0.15, 0.2) is 0 Å². The van der Waals surface area contributed by atoms with Crippen LogP contribution >= 0.6 is 11.6 Å². The summed E-state index contributed by atoms with van der Waals surface area (Å²) in [7, 11) is -1.61. The summed E-state index contributed by atoms with van der Waals surface area (Å²) in [5.41, 5.74) is 0.472. The van der Waals surface area contributed by atoms with Crippen LogP contribution in [0.4, 0.5) is 0 Å². The van der Waals surface area contributed by atoms with Gasteiger partial charge < -0.3 is 15.4 Å². The van der Waals surface area contributed by atoms with Crippen LogP contribution in [0.25, 0.3) is 0 Å². The first kappa shape index (κ1) is 13.0. The number of nitrogens with one attached hydrogen (secondary N) is 1. The summed E-state index contributed by atoms with van der Waals surface area (Å²) in [6.45, 7) is 3.66. The fourth-order valence-corrected chi connectivity index (χ4v) is 1.42. The maximum Gasteiger partial charge on any atom is 0.488 e. The van der Waals surface area contributed by atoms with E-state index in [4.69, 9.17) is 21.6 Å². The van der Waals surface area contributed by atoms with Crippen LogP contribution in [0.15, 0.2) is 18.2 Å². The summed E-state index contributed by atoms with van der Waals surface area (Å²) in [6, 6.07) is 4.28. The SMILES string of the molecule is CC(C)NC(=O)c1cc(B(O)O)ccc1Cl. The maximum absolute atomic E-state index is 11.7. The van der Waals surface area contributed by atoms with Crippen LogP contribution in [0.5, 0.6) is 0 Å². The number of hydrogen-bond donors (Lipinski definition) is 3. The molecule has 0 radical (unpaired) electrons. The lowest BCUT2D eigenvalue weighted by molar-refractivity contribution is 0.0943. The Balaban J connectivity index is 3.02. The van der Waals surface area contributed by atoms with Crippen molar-refractivity contribution in [3.05, 3.63) is 28.8 Å². The van der Waals surface area contributed by atoms with E-state index in [0.717, 1.165) is 0 Å². The Labute approximate surface area is 99.4 Å². The van der Waals surface area contributed by atoms with E-state index in [1.807, 2.05) is 13.8 Å². The second kappa shape index (κ2) is 5.34. The van der Waals surface area contributed by atoms with E-state index in [2.05, 4.69) is 5.32 Å². The molecule has 1 rings (SSSR count). The molecule has 1 amide bonds. The lowest BCUT2D eigenvalue weighted by Gasteiger charge is -2.10. The van der Waals surface area contributed by atoms with Crippen molar-refractivity contribution in [2.24, 2.45) is 0 Å². The van der Waals surface area contributed by atoms with Gasteiger partial charge in [0.2, 0.25) is 0 Å². The Hall–Kier alpha value is -1.04. The van der Waals surface area contributed by atoms with Crippen LogP contribution < -0.4 is 10.8 Å². The van der Waals surface area contributed by atoms with E-state index in [1.165, 1.54) is 18.2 Å². The average Bonchev–Trinajstić information content (AvgIpc) is 2.16. The van der Waals surface area contributed by atoms with Gasteiger partial charge in [0, 0.05) is 6.04 Å². The maximum atomic E-state index is 11.7. The second-order valence-corrected chi connectivity index (χ2v) is 4.15. The predicted octanol–water partition coefficient (Wildman–Crippen LogP) is 0.158. The summed E-state index contributed by atoms with van der Waals surface area (Å²) >= 11 is 5.86. The van der Waals surface area contributed by atoms with Crippen LogP contribution in [0.2, 0.25) is 5.02 Å². The minimum absolute atomic E-state index is 0.00808. The van der Waals surface area contributed by atoms with Gasteiger partial charge in [-0.05, 0) is 31.4 Å². The first-order valence-corrected chi connectivity index (χ1v) is 5.26. The van der Waals surface area contributed by atoms with Crippen LogP contribution in [-0.2, 0) is 0 Å². The summed E-state index contributed by atoms with van der Waals surface area (Å²) < 4.78 is 0. The predicted molar refractivity (Wildman–Crippen MR) is 63.9 cm³/mol. The van der Waals surface area contributed by atoms with Crippen LogP contribution in [0, 0.1) is 0 Å². The molecule has 0 saturated carbocycles. The fourth-order valence-electron chi connectivity index (χ4n) is 1.22. The normalized spacial score (nSPS) is 10.4. The Kier molecular flexibility index (Phi) is 4.35. The van der Waals surface area contributed by atoms with Gasteiger partial charge in [0.25, 0.3) is 5.91 Å². The highest BCUT2D eigenvalue weighted by Crippen LogP contribution is 2.14. The molecule has 0 aliphatic carbocycles. The van der Waals surface area contributed by atoms with Gasteiger partial charge in [0.05, 0.1) is 10.6 Å². The zero-order valence-electron chi connectivity index (χ0n) is 9.07. The minimum atomic E-state index is -1.61. The van der Waals surface area contributed by atoms with Crippen LogP contribution in [0.1, 0.15) is 24.2 Å². The molecule has 16 heavy (non-hydrogen) atoms. The molecule has 0 atom stereocenters. The zero-order chi connectivity index (χ0) is 12.3. The molecule has 1 aromatic rings. The van der Waals surface area contributed by atoms with Crippen molar-refractivity contribution in [1.82, 2.24) is 5.32 Å². The van der Waals surface area contributed by atoms with E-state index in [9.17, 15) is 4.79 Å². The molecule has 0 spiro atoms. The summed E-state index contributed by atoms with van der Waals surface area (Å²) in [6.07, 6.45) is 0. The summed E-state index contributed by atoms with van der Waals surface area (Å²) in [5, 5.41) is 20.9. The first-order valence-electron chi connectivity index (χ1n) is 4.88. The van der Waals surface area contributed by atoms with Gasteiger partial charge in [-0.15, -0.1) is 0 Å². The van der Waals surface area contributed by atoms with E-state index in [-0.39, 0.29) is 28.0 Å². The number of amides is 1. The molecule has 0 saturated heterocycles. The molecule has 3 N–H and O–H groups in total. The Morgan fingerprint density at radius 3 is 2.56 bits per heavy atom. The van der Waals surface area contributed by atoms with Gasteiger partial charge in [-0.1, -0.05) is 17.7 Å². The number of carbonyl (C=O) groups is 1. The Morgan fingerprint density at radius 1 is 1.44 bits per heavy atom. The highest BCUT2D eigenvalue weighted by molar-refractivity contribution is 6.58. The number of carbonyl (C=O) groups excluding carboxylic acids is 1. The molecule has 6 heteroatoms. The van der Waals surface area contributed by atoms with Gasteiger partial charge in [0.1, 0.15) is 0 Å². The average molecular weight is 241 g/mol. The third-order valence-electron chi connectivity index (χ3n) is 1.95. The number of rotatable bonds is 3. The van der Waals surface area contributed by atoms with E-state index in [1.54, 1.807) is 0 Å². The molecule has 0 aliphatic rings. The molecule has 0 heterocycles. The number of benzene rings is 1. The van der Waals surface area contributed by atoms with Crippen LogP contribution in [-0.4, -0.2) is 29.1 Å². The lowest BCUT2D eigenvalue weighted by atomic mass is 9.79. The molecule has 0 aliphatic heterocycles. The Morgan fingerprint density at radius 2 is 2.06 bits per heavy atom. The molecule has 0 unspecified atom stereocenters. The number of halogens is 1.